The molecular formula is C12H17N5. The van der Waals surface area contributed by atoms with Crippen LogP contribution in [0.5, 0.6) is 0 Å². The van der Waals surface area contributed by atoms with Crippen LogP contribution in [0.3, 0.4) is 0 Å². The number of nitrogens with one attached hydrogen (secondary N) is 1. The monoisotopic (exact) mass is 231 g/mol. The van der Waals surface area contributed by atoms with Gasteiger partial charge < -0.3 is 15.6 Å². The number of fused-ring (bicyclic) bond motifs is 1. The van der Waals surface area contributed by atoms with Gasteiger partial charge in [0.2, 0.25) is 0 Å². The zero-order valence-corrected chi connectivity index (χ0v) is 10.2. The molecule has 3 N–H and O–H groups in total. The lowest BCUT2D eigenvalue weighted by Gasteiger charge is -2.35. The molecule has 2 heterocycles. The minimum atomic E-state index is -0.251. The van der Waals surface area contributed by atoms with Gasteiger partial charge in [0.05, 0.1) is 11.1 Å². The minimum absolute atomic E-state index is 0.251. The molecule has 0 amide bonds. The Balaban J connectivity index is 2.06. The normalized spacial score (nSPS) is 18.1. The summed E-state index contributed by atoms with van der Waals surface area (Å²) >= 11 is 0. The van der Waals surface area contributed by atoms with Crippen molar-refractivity contribution in [1.29, 1.82) is 0 Å². The Labute approximate surface area is 100 Å². The minimum Gasteiger partial charge on any atom is -0.363 e. The van der Waals surface area contributed by atoms with Crippen LogP contribution in [0.25, 0.3) is 11.2 Å². The molecule has 90 valence electrons. The van der Waals surface area contributed by atoms with Gasteiger partial charge in [-0.25, -0.2) is 9.97 Å². The summed E-state index contributed by atoms with van der Waals surface area (Å²) < 4.78 is 0. The molecule has 1 fully saturated rings. The van der Waals surface area contributed by atoms with Crippen LogP contribution in [-0.2, 0) is 5.54 Å². The molecule has 2 aromatic rings. The van der Waals surface area contributed by atoms with Crippen LogP contribution < -0.4 is 10.6 Å². The van der Waals surface area contributed by atoms with E-state index in [-0.39, 0.29) is 5.54 Å². The Morgan fingerprint density at radius 1 is 1.29 bits per heavy atom. The summed E-state index contributed by atoms with van der Waals surface area (Å²) in [5.41, 5.74) is 7.72. The molecule has 0 unspecified atom stereocenters. The SMILES string of the molecule is CN(C)c1ccc2[nH]c(C3(N)CCC3)nc2n1. The summed E-state index contributed by atoms with van der Waals surface area (Å²) in [7, 11) is 3.94. The first kappa shape index (κ1) is 10.5. The van der Waals surface area contributed by atoms with Crippen LogP contribution in [0, 0.1) is 0 Å². The summed E-state index contributed by atoms with van der Waals surface area (Å²) in [4.78, 5) is 14.3. The van der Waals surface area contributed by atoms with Crippen LogP contribution in [0.2, 0.25) is 0 Å². The van der Waals surface area contributed by atoms with Crippen LogP contribution in [0.15, 0.2) is 12.1 Å². The molecule has 1 saturated carbocycles. The smallest absolute Gasteiger partial charge is 0.179 e. The molecule has 5 heteroatoms. The second-order valence-electron chi connectivity index (χ2n) is 5.03. The Kier molecular flexibility index (Phi) is 2.13. The maximum Gasteiger partial charge on any atom is 0.179 e. The van der Waals surface area contributed by atoms with E-state index in [9.17, 15) is 0 Å². The van der Waals surface area contributed by atoms with Gasteiger partial charge in [-0.15, -0.1) is 0 Å². The molecular weight excluding hydrogens is 214 g/mol. The summed E-state index contributed by atoms with van der Waals surface area (Å²) in [6.07, 6.45) is 3.20. The molecule has 0 aromatic carbocycles. The van der Waals surface area contributed by atoms with E-state index < -0.39 is 0 Å². The van der Waals surface area contributed by atoms with E-state index in [2.05, 4.69) is 15.0 Å². The first-order valence-corrected chi connectivity index (χ1v) is 5.92. The number of pyridine rings is 1. The highest BCUT2D eigenvalue weighted by molar-refractivity contribution is 5.73. The molecule has 0 atom stereocenters. The van der Waals surface area contributed by atoms with Crippen molar-refractivity contribution in [2.24, 2.45) is 5.73 Å². The lowest BCUT2D eigenvalue weighted by molar-refractivity contribution is 0.240. The van der Waals surface area contributed by atoms with Gasteiger partial charge in [-0.1, -0.05) is 0 Å². The first-order chi connectivity index (χ1) is 8.08. The van der Waals surface area contributed by atoms with Crippen molar-refractivity contribution >= 4 is 17.0 Å². The molecule has 3 rings (SSSR count). The standard InChI is InChI=1S/C12H17N5/c1-17(2)9-5-4-8-10(15-9)16-11(14-8)12(13)6-3-7-12/h4-5H,3,6-7,13H2,1-2H3,(H,14,15,16). The fourth-order valence-corrected chi connectivity index (χ4v) is 2.16. The average Bonchev–Trinajstić information content (AvgIpc) is 2.68. The molecule has 17 heavy (non-hydrogen) atoms. The van der Waals surface area contributed by atoms with Crippen molar-refractivity contribution in [1.82, 2.24) is 15.0 Å². The van der Waals surface area contributed by atoms with Gasteiger partial charge in [0.25, 0.3) is 0 Å². The number of aromatic nitrogens is 3. The topological polar surface area (TPSA) is 70.8 Å². The highest BCUT2D eigenvalue weighted by Crippen LogP contribution is 2.37. The zero-order chi connectivity index (χ0) is 12.0. The number of hydrogen-bond donors (Lipinski definition) is 2. The summed E-state index contributed by atoms with van der Waals surface area (Å²) in [5.74, 6) is 1.79. The van der Waals surface area contributed by atoms with E-state index in [1.807, 2.05) is 31.1 Å². The van der Waals surface area contributed by atoms with Crippen molar-refractivity contribution in [3.63, 3.8) is 0 Å². The largest absolute Gasteiger partial charge is 0.363 e. The fourth-order valence-electron chi connectivity index (χ4n) is 2.16. The summed E-state index contributed by atoms with van der Waals surface area (Å²) in [6.45, 7) is 0. The third-order valence-electron chi connectivity index (χ3n) is 3.51. The van der Waals surface area contributed by atoms with Gasteiger partial charge >= 0.3 is 0 Å². The quantitative estimate of drug-likeness (QED) is 0.818. The Morgan fingerprint density at radius 2 is 2.06 bits per heavy atom. The van der Waals surface area contributed by atoms with Crippen LogP contribution in [0.1, 0.15) is 25.1 Å². The van der Waals surface area contributed by atoms with Crippen molar-refractivity contribution in [3.8, 4) is 0 Å². The number of rotatable bonds is 2. The second-order valence-corrected chi connectivity index (χ2v) is 5.03. The number of imidazole rings is 1. The van der Waals surface area contributed by atoms with Gasteiger partial charge in [0, 0.05) is 14.1 Å². The highest BCUT2D eigenvalue weighted by Gasteiger charge is 2.37. The van der Waals surface area contributed by atoms with Gasteiger partial charge in [0.1, 0.15) is 11.6 Å². The van der Waals surface area contributed by atoms with E-state index in [1.54, 1.807) is 0 Å². The van der Waals surface area contributed by atoms with Crippen molar-refractivity contribution in [3.05, 3.63) is 18.0 Å². The average molecular weight is 231 g/mol. The lowest BCUT2D eigenvalue weighted by atomic mass is 9.77. The molecule has 0 aliphatic heterocycles. The molecule has 1 aliphatic carbocycles. The van der Waals surface area contributed by atoms with E-state index in [4.69, 9.17) is 5.73 Å². The number of nitrogens with two attached hydrogens (primary N) is 1. The van der Waals surface area contributed by atoms with E-state index in [0.717, 1.165) is 35.6 Å². The van der Waals surface area contributed by atoms with Gasteiger partial charge in [-0.05, 0) is 31.4 Å². The van der Waals surface area contributed by atoms with Gasteiger partial charge in [0.15, 0.2) is 5.65 Å². The third-order valence-corrected chi connectivity index (χ3v) is 3.51. The number of anilines is 1. The van der Waals surface area contributed by atoms with Crippen molar-refractivity contribution in [2.75, 3.05) is 19.0 Å². The number of hydrogen-bond acceptors (Lipinski definition) is 4. The zero-order valence-electron chi connectivity index (χ0n) is 10.2. The van der Waals surface area contributed by atoms with E-state index in [1.165, 1.54) is 6.42 Å². The third kappa shape index (κ3) is 1.58. The fraction of sp³-hybridized carbons (Fsp3) is 0.500. The second kappa shape index (κ2) is 3.43. The van der Waals surface area contributed by atoms with Crippen LogP contribution in [-0.4, -0.2) is 29.0 Å². The molecule has 2 aromatic heterocycles. The molecule has 0 radical (unpaired) electrons. The highest BCUT2D eigenvalue weighted by atomic mass is 15.2. The van der Waals surface area contributed by atoms with Crippen molar-refractivity contribution < 1.29 is 0 Å². The maximum absolute atomic E-state index is 6.25. The van der Waals surface area contributed by atoms with Gasteiger partial charge in [-0.2, -0.15) is 0 Å². The number of H-pyrrole nitrogens is 1. The number of aromatic amines is 1. The van der Waals surface area contributed by atoms with Crippen LogP contribution >= 0.6 is 0 Å². The predicted octanol–water partition coefficient (Wildman–Crippen LogP) is 1.36. The predicted molar refractivity (Wildman–Crippen MR) is 67.9 cm³/mol. The first-order valence-electron chi connectivity index (χ1n) is 5.92. The summed E-state index contributed by atoms with van der Waals surface area (Å²) in [5, 5.41) is 0. The number of nitrogens with zero attached hydrogens (tertiary/aromatic N) is 3. The Morgan fingerprint density at radius 3 is 2.65 bits per heavy atom. The molecule has 0 bridgehead atoms. The molecule has 0 saturated heterocycles. The molecule has 1 aliphatic rings. The van der Waals surface area contributed by atoms with E-state index >= 15 is 0 Å². The lowest BCUT2D eigenvalue weighted by Crippen LogP contribution is -2.44. The Hall–Kier alpha value is -1.62. The Bertz CT molecular complexity index is 553. The summed E-state index contributed by atoms with van der Waals surface area (Å²) in [6, 6.07) is 3.99. The van der Waals surface area contributed by atoms with Gasteiger partial charge in [-0.3, -0.25) is 0 Å². The maximum atomic E-state index is 6.25. The van der Waals surface area contributed by atoms with Crippen LogP contribution in [0.4, 0.5) is 5.82 Å². The van der Waals surface area contributed by atoms with Crippen molar-refractivity contribution in [2.45, 2.75) is 24.8 Å². The molecule has 5 nitrogen and oxygen atoms in total. The molecule has 0 spiro atoms. The van der Waals surface area contributed by atoms with E-state index in [0.29, 0.717) is 0 Å².